The number of hydrogen-bond acceptors (Lipinski definition) is 4. The average Bonchev–Trinajstić information content (AvgIpc) is 2.47. The van der Waals surface area contributed by atoms with Gasteiger partial charge in [0.2, 0.25) is 0 Å². The topological polar surface area (TPSA) is 49.8 Å². The van der Waals surface area contributed by atoms with Crippen molar-refractivity contribution in [2.45, 2.75) is 27.2 Å². The number of benzene rings is 1. The first-order chi connectivity index (χ1) is 10.5. The van der Waals surface area contributed by atoms with E-state index in [1.807, 2.05) is 37.3 Å². The summed E-state index contributed by atoms with van der Waals surface area (Å²) in [5.41, 5.74) is 1.25. The van der Waals surface area contributed by atoms with Gasteiger partial charge in [0.15, 0.2) is 0 Å². The van der Waals surface area contributed by atoms with Crippen LogP contribution in [0.3, 0.4) is 0 Å². The molecule has 118 valence electrons. The van der Waals surface area contributed by atoms with Gasteiger partial charge in [-0.3, -0.25) is 0 Å². The number of aromatic nitrogens is 2. The summed E-state index contributed by atoms with van der Waals surface area (Å²) in [5.74, 6) is 3.07. The Morgan fingerprint density at radius 3 is 2.32 bits per heavy atom. The summed E-state index contributed by atoms with van der Waals surface area (Å²) in [6.07, 6.45) is 0.926. The molecular formula is C17H23ClN4. The lowest BCUT2D eigenvalue weighted by molar-refractivity contribution is 0.686. The van der Waals surface area contributed by atoms with Crippen molar-refractivity contribution in [1.82, 2.24) is 9.97 Å². The van der Waals surface area contributed by atoms with Gasteiger partial charge in [-0.05, 0) is 37.0 Å². The summed E-state index contributed by atoms with van der Waals surface area (Å²) in [6, 6.07) is 9.88. The van der Waals surface area contributed by atoms with Gasteiger partial charge in [0.05, 0.1) is 0 Å². The van der Waals surface area contributed by atoms with Crippen molar-refractivity contribution >= 4 is 23.2 Å². The van der Waals surface area contributed by atoms with Gasteiger partial charge in [-0.2, -0.15) is 0 Å². The zero-order valence-corrected chi connectivity index (χ0v) is 14.1. The second kappa shape index (κ2) is 7.99. The molecule has 22 heavy (non-hydrogen) atoms. The normalized spacial score (nSPS) is 10.8. The molecule has 1 aromatic carbocycles. The van der Waals surface area contributed by atoms with Gasteiger partial charge in [-0.1, -0.05) is 37.6 Å². The zero-order valence-electron chi connectivity index (χ0n) is 13.4. The summed E-state index contributed by atoms with van der Waals surface area (Å²) in [7, 11) is 0. The van der Waals surface area contributed by atoms with Gasteiger partial charge in [-0.25, -0.2) is 9.97 Å². The van der Waals surface area contributed by atoms with Crippen LogP contribution < -0.4 is 10.6 Å². The van der Waals surface area contributed by atoms with Crippen LogP contribution in [0.4, 0.5) is 11.6 Å². The van der Waals surface area contributed by atoms with Gasteiger partial charge in [0.25, 0.3) is 0 Å². The van der Waals surface area contributed by atoms with Crippen LogP contribution >= 0.6 is 11.6 Å². The number of nitrogens with one attached hydrogen (secondary N) is 2. The van der Waals surface area contributed by atoms with Crippen molar-refractivity contribution in [3.63, 3.8) is 0 Å². The summed E-state index contributed by atoms with van der Waals surface area (Å²) in [6.45, 7) is 7.98. The third-order valence-electron chi connectivity index (χ3n) is 3.16. The first kappa shape index (κ1) is 16.6. The second-order valence-corrected chi connectivity index (χ2v) is 6.20. The smallest absolute Gasteiger partial charge is 0.131 e. The first-order valence-corrected chi connectivity index (χ1v) is 7.98. The minimum atomic E-state index is 0.580. The standard InChI is InChI=1S/C17H23ClN4/c1-12(2)11-20-17-10-16(21-13(3)22-17)19-9-8-14-4-6-15(18)7-5-14/h4-7,10,12H,8-9,11H2,1-3H3,(H2,19,20,21,22). The lowest BCUT2D eigenvalue weighted by Crippen LogP contribution is -2.12. The van der Waals surface area contributed by atoms with Crippen LogP contribution in [-0.2, 0) is 6.42 Å². The molecular weight excluding hydrogens is 296 g/mol. The third-order valence-corrected chi connectivity index (χ3v) is 3.41. The van der Waals surface area contributed by atoms with E-state index in [0.717, 1.165) is 42.0 Å². The molecule has 1 heterocycles. The van der Waals surface area contributed by atoms with Crippen LogP contribution in [-0.4, -0.2) is 23.1 Å². The predicted octanol–water partition coefficient (Wildman–Crippen LogP) is 4.16. The largest absolute Gasteiger partial charge is 0.370 e. The second-order valence-electron chi connectivity index (χ2n) is 5.76. The Morgan fingerprint density at radius 1 is 1.05 bits per heavy atom. The third kappa shape index (κ3) is 5.53. The Balaban J connectivity index is 1.90. The molecule has 0 aliphatic rings. The van der Waals surface area contributed by atoms with Gasteiger partial charge in [0, 0.05) is 24.2 Å². The van der Waals surface area contributed by atoms with Crippen LogP contribution in [0, 0.1) is 12.8 Å². The molecule has 2 N–H and O–H groups in total. The summed E-state index contributed by atoms with van der Waals surface area (Å²) in [5, 5.41) is 7.45. The molecule has 0 radical (unpaired) electrons. The Labute approximate surface area is 137 Å². The van der Waals surface area contributed by atoms with Crippen molar-refractivity contribution in [1.29, 1.82) is 0 Å². The molecule has 0 saturated carbocycles. The SMILES string of the molecule is Cc1nc(NCCc2ccc(Cl)cc2)cc(NCC(C)C)n1. The van der Waals surface area contributed by atoms with E-state index in [4.69, 9.17) is 11.6 Å². The molecule has 2 rings (SSSR count). The Bertz CT molecular complexity index is 596. The molecule has 5 heteroatoms. The number of hydrogen-bond donors (Lipinski definition) is 2. The first-order valence-electron chi connectivity index (χ1n) is 7.61. The highest BCUT2D eigenvalue weighted by molar-refractivity contribution is 6.30. The molecule has 0 aliphatic heterocycles. The van der Waals surface area contributed by atoms with Gasteiger partial charge in [-0.15, -0.1) is 0 Å². The molecule has 0 bridgehead atoms. The lowest BCUT2D eigenvalue weighted by atomic mass is 10.1. The van der Waals surface area contributed by atoms with Crippen molar-refractivity contribution in [3.8, 4) is 0 Å². The lowest BCUT2D eigenvalue weighted by Gasteiger charge is -2.11. The van der Waals surface area contributed by atoms with Gasteiger partial charge < -0.3 is 10.6 Å². The summed E-state index contributed by atoms with van der Waals surface area (Å²) in [4.78, 5) is 8.83. The van der Waals surface area contributed by atoms with E-state index in [0.29, 0.717) is 5.92 Å². The van der Waals surface area contributed by atoms with Crippen molar-refractivity contribution in [2.75, 3.05) is 23.7 Å². The molecule has 0 spiro atoms. The van der Waals surface area contributed by atoms with Crippen LogP contribution in [0.25, 0.3) is 0 Å². The fourth-order valence-corrected chi connectivity index (χ4v) is 2.17. The van der Waals surface area contributed by atoms with Crippen LogP contribution in [0.1, 0.15) is 25.2 Å². The number of aryl methyl sites for hydroxylation is 1. The average molecular weight is 319 g/mol. The maximum atomic E-state index is 5.89. The van der Waals surface area contributed by atoms with Crippen LogP contribution in [0.5, 0.6) is 0 Å². The van der Waals surface area contributed by atoms with Crippen molar-refractivity contribution < 1.29 is 0 Å². The van der Waals surface area contributed by atoms with Gasteiger partial charge in [0.1, 0.15) is 17.5 Å². The van der Waals surface area contributed by atoms with E-state index < -0.39 is 0 Å². The monoisotopic (exact) mass is 318 g/mol. The van der Waals surface area contributed by atoms with Crippen molar-refractivity contribution in [2.24, 2.45) is 5.92 Å². The molecule has 1 aromatic heterocycles. The molecule has 2 aromatic rings. The van der Waals surface area contributed by atoms with Crippen molar-refractivity contribution in [3.05, 3.63) is 46.7 Å². The summed E-state index contributed by atoms with van der Waals surface area (Å²) < 4.78 is 0. The van der Waals surface area contributed by atoms with E-state index in [2.05, 4.69) is 34.4 Å². The zero-order chi connectivity index (χ0) is 15.9. The maximum Gasteiger partial charge on any atom is 0.131 e. The predicted molar refractivity (Wildman–Crippen MR) is 93.7 cm³/mol. The van der Waals surface area contributed by atoms with E-state index >= 15 is 0 Å². The van der Waals surface area contributed by atoms with E-state index in [-0.39, 0.29) is 0 Å². The molecule has 0 fully saturated rings. The number of nitrogens with zero attached hydrogens (tertiary/aromatic N) is 2. The Hall–Kier alpha value is -1.81. The quantitative estimate of drug-likeness (QED) is 0.804. The van der Waals surface area contributed by atoms with E-state index in [1.54, 1.807) is 0 Å². The molecule has 0 aliphatic carbocycles. The molecule has 4 nitrogen and oxygen atoms in total. The van der Waals surface area contributed by atoms with E-state index in [9.17, 15) is 0 Å². The Kier molecular flexibility index (Phi) is 6.01. The van der Waals surface area contributed by atoms with E-state index in [1.165, 1.54) is 5.56 Å². The minimum Gasteiger partial charge on any atom is -0.370 e. The fourth-order valence-electron chi connectivity index (χ4n) is 2.04. The highest BCUT2D eigenvalue weighted by atomic mass is 35.5. The van der Waals surface area contributed by atoms with Crippen LogP contribution in [0.2, 0.25) is 5.02 Å². The molecule has 0 saturated heterocycles. The number of halogens is 1. The Morgan fingerprint density at radius 2 is 1.68 bits per heavy atom. The van der Waals surface area contributed by atoms with Gasteiger partial charge >= 0.3 is 0 Å². The number of anilines is 2. The molecule has 0 atom stereocenters. The molecule has 0 unspecified atom stereocenters. The summed E-state index contributed by atoms with van der Waals surface area (Å²) >= 11 is 5.89. The highest BCUT2D eigenvalue weighted by Crippen LogP contribution is 2.13. The fraction of sp³-hybridized carbons (Fsp3) is 0.412. The number of rotatable bonds is 7. The molecule has 0 amide bonds. The minimum absolute atomic E-state index is 0.580. The highest BCUT2D eigenvalue weighted by Gasteiger charge is 2.03. The van der Waals surface area contributed by atoms with Crippen LogP contribution in [0.15, 0.2) is 30.3 Å². The maximum absolute atomic E-state index is 5.89.